The van der Waals surface area contributed by atoms with E-state index in [0.29, 0.717) is 17.2 Å². The Kier molecular flexibility index (Phi) is 2.99. The number of phenolic OH excluding ortho intramolecular Hbond substituents is 1. The van der Waals surface area contributed by atoms with Gasteiger partial charge in [-0.1, -0.05) is 30.3 Å². The summed E-state index contributed by atoms with van der Waals surface area (Å²) in [5.74, 6) is 0.335. The first-order chi connectivity index (χ1) is 6.02. The molecule has 0 saturated carbocycles. The molecule has 0 atom stereocenters. The predicted molar refractivity (Wildman–Crippen MR) is 56.3 cm³/mol. The monoisotopic (exact) mass is 196 g/mol. The number of allylic oxidation sites excluding steroid dienone is 1. The van der Waals surface area contributed by atoms with Gasteiger partial charge in [-0.3, -0.25) is 0 Å². The first kappa shape index (κ1) is 10.1. The Morgan fingerprint density at radius 2 is 1.92 bits per heavy atom. The maximum atomic E-state index is 9.73. The molecule has 0 saturated heterocycles. The third kappa shape index (κ3) is 2.25. The predicted octanol–water partition coefficient (Wildman–Crippen LogP) is 3.30. The summed E-state index contributed by atoms with van der Waals surface area (Å²) in [4.78, 5) is 0. The van der Waals surface area contributed by atoms with Crippen molar-refractivity contribution in [2.75, 3.05) is 0 Å². The zero-order valence-electron chi connectivity index (χ0n) is 7.89. The second-order valence-corrected chi connectivity index (χ2v) is 3.76. The minimum atomic E-state index is 0.335. The van der Waals surface area contributed by atoms with E-state index in [1.807, 2.05) is 26.0 Å². The number of hydrogen-bond acceptors (Lipinski definition) is 1. The number of aryl methyl sites for hydroxylation is 2. The Bertz CT molecular complexity index is 342. The summed E-state index contributed by atoms with van der Waals surface area (Å²) in [6.45, 7) is 7.44. The molecule has 0 amide bonds. The lowest BCUT2D eigenvalue weighted by Gasteiger charge is -2.09. The maximum Gasteiger partial charge on any atom is 0.122 e. The maximum absolute atomic E-state index is 9.73. The van der Waals surface area contributed by atoms with Crippen molar-refractivity contribution in [3.63, 3.8) is 0 Å². The van der Waals surface area contributed by atoms with Crippen LogP contribution in [0.15, 0.2) is 23.7 Å². The lowest BCUT2D eigenvalue weighted by molar-refractivity contribution is 0.464. The molecule has 0 fully saturated rings. The quantitative estimate of drug-likeness (QED) is 0.770. The molecule has 0 bridgehead atoms. The zero-order chi connectivity index (χ0) is 10.0. The number of aromatic hydroxyl groups is 1. The Morgan fingerprint density at radius 3 is 2.46 bits per heavy atom. The Morgan fingerprint density at radius 1 is 1.38 bits per heavy atom. The molecule has 1 nitrogen and oxygen atoms in total. The number of benzene rings is 1. The molecular formula is C11H13ClO. The molecule has 2 heteroatoms. The van der Waals surface area contributed by atoms with Crippen molar-refractivity contribution >= 4 is 11.6 Å². The topological polar surface area (TPSA) is 20.2 Å². The Hall–Kier alpha value is -0.950. The van der Waals surface area contributed by atoms with Gasteiger partial charge < -0.3 is 5.11 Å². The van der Waals surface area contributed by atoms with Crippen LogP contribution in [-0.4, -0.2) is 5.11 Å². The average molecular weight is 197 g/mol. The number of phenols is 1. The minimum Gasteiger partial charge on any atom is -0.507 e. The van der Waals surface area contributed by atoms with Gasteiger partial charge in [-0.05, 0) is 25.0 Å². The van der Waals surface area contributed by atoms with Crippen molar-refractivity contribution in [1.82, 2.24) is 0 Å². The second-order valence-electron chi connectivity index (χ2n) is 3.22. The van der Waals surface area contributed by atoms with Crippen LogP contribution in [0.5, 0.6) is 5.75 Å². The molecule has 0 heterocycles. The van der Waals surface area contributed by atoms with E-state index < -0.39 is 0 Å². The largest absolute Gasteiger partial charge is 0.507 e. The fourth-order valence-electron chi connectivity index (χ4n) is 1.27. The first-order valence-electron chi connectivity index (χ1n) is 4.13. The van der Waals surface area contributed by atoms with Gasteiger partial charge in [0.1, 0.15) is 5.75 Å². The highest BCUT2D eigenvalue weighted by atomic mass is 35.5. The van der Waals surface area contributed by atoms with Gasteiger partial charge in [0.15, 0.2) is 0 Å². The van der Waals surface area contributed by atoms with Crippen LogP contribution in [0.25, 0.3) is 0 Å². The molecule has 1 aromatic rings. The molecule has 1 rings (SSSR count). The molecule has 0 spiro atoms. The van der Waals surface area contributed by atoms with Crippen LogP contribution in [0.2, 0.25) is 0 Å². The number of rotatable bonds is 2. The van der Waals surface area contributed by atoms with E-state index in [1.165, 1.54) is 0 Å². The van der Waals surface area contributed by atoms with Gasteiger partial charge in [0.05, 0.1) is 0 Å². The summed E-state index contributed by atoms with van der Waals surface area (Å²) >= 11 is 5.70. The van der Waals surface area contributed by atoms with Crippen LogP contribution in [0.4, 0.5) is 0 Å². The van der Waals surface area contributed by atoms with Gasteiger partial charge in [-0.15, -0.1) is 0 Å². The summed E-state index contributed by atoms with van der Waals surface area (Å²) in [6.07, 6.45) is 0.529. The van der Waals surface area contributed by atoms with E-state index in [2.05, 4.69) is 6.58 Å². The molecule has 0 aliphatic carbocycles. The molecule has 13 heavy (non-hydrogen) atoms. The summed E-state index contributed by atoms with van der Waals surface area (Å²) in [5, 5.41) is 10.3. The van der Waals surface area contributed by atoms with Crippen molar-refractivity contribution in [3.8, 4) is 5.75 Å². The first-order valence-corrected chi connectivity index (χ1v) is 4.51. The van der Waals surface area contributed by atoms with Crippen molar-refractivity contribution < 1.29 is 5.11 Å². The van der Waals surface area contributed by atoms with Crippen LogP contribution in [0.3, 0.4) is 0 Å². The standard InChI is InChI=1S/C11H13ClO/c1-7-4-5-8(2)11(13)10(7)6-9(3)12/h4-5,13H,3,6H2,1-2H3. The molecule has 0 radical (unpaired) electrons. The molecule has 0 aliphatic heterocycles. The van der Waals surface area contributed by atoms with Gasteiger partial charge in [0.25, 0.3) is 0 Å². The lowest BCUT2D eigenvalue weighted by Crippen LogP contribution is -1.92. The van der Waals surface area contributed by atoms with E-state index >= 15 is 0 Å². The Labute approximate surface area is 83.7 Å². The third-order valence-electron chi connectivity index (χ3n) is 2.09. The highest BCUT2D eigenvalue weighted by molar-refractivity contribution is 6.29. The van der Waals surface area contributed by atoms with Gasteiger partial charge in [-0.25, -0.2) is 0 Å². The number of hydrogen-bond donors (Lipinski definition) is 1. The van der Waals surface area contributed by atoms with Crippen LogP contribution in [0, 0.1) is 13.8 Å². The average Bonchev–Trinajstić information content (AvgIpc) is 2.05. The van der Waals surface area contributed by atoms with E-state index in [4.69, 9.17) is 11.6 Å². The van der Waals surface area contributed by atoms with E-state index in [9.17, 15) is 5.11 Å². The van der Waals surface area contributed by atoms with Crippen LogP contribution < -0.4 is 0 Å². The zero-order valence-corrected chi connectivity index (χ0v) is 8.65. The van der Waals surface area contributed by atoms with Gasteiger partial charge in [0, 0.05) is 17.0 Å². The summed E-state index contributed by atoms with van der Waals surface area (Å²) in [6, 6.07) is 3.87. The van der Waals surface area contributed by atoms with E-state index in [0.717, 1.165) is 16.7 Å². The van der Waals surface area contributed by atoms with Crippen molar-refractivity contribution in [1.29, 1.82) is 0 Å². The molecule has 0 aliphatic rings. The van der Waals surface area contributed by atoms with Crippen molar-refractivity contribution in [2.24, 2.45) is 0 Å². The van der Waals surface area contributed by atoms with Crippen LogP contribution in [0.1, 0.15) is 16.7 Å². The third-order valence-corrected chi connectivity index (χ3v) is 2.22. The highest BCUT2D eigenvalue weighted by Gasteiger charge is 2.07. The molecule has 1 aromatic carbocycles. The van der Waals surface area contributed by atoms with E-state index in [-0.39, 0.29) is 0 Å². The highest BCUT2D eigenvalue weighted by Crippen LogP contribution is 2.27. The minimum absolute atomic E-state index is 0.335. The molecule has 1 N–H and O–H groups in total. The van der Waals surface area contributed by atoms with Crippen LogP contribution >= 0.6 is 11.6 Å². The van der Waals surface area contributed by atoms with Gasteiger partial charge in [-0.2, -0.15) is 0 Å². The summed E-state index contributed by atoms with van der Waals surface area (Å²) < 4.78 is 0. The normalized spacial score (nSPS) is 10.1. The molecular weight excluding hydrogens is 184 g/mol. The summed E-state index contributed by atoms with van der Waals surface area (Å²) in [5.41, 5.74) is 2.79. The van der Waals surface area contributed by atoms with Crippen molar-refractivity contribution in [2.45, 2.75) is 20.3 Å². The Balaban J connectivity index is 3.17. The van der Waals surface area contributed by atoms with E-state index in [1.54, 1.807) is 0 Å². The SMILES string of the molecule is C=C(Cl)Cc1c(C)ccc(C)c1O. The smallest absolute Gasteiger partial charge is 0.122 e. The van der Waals surface area contributed by atoms with Crippen molar-refractivity contribution in [3.05, 3.63) is 40.4 Å². The second kappa shape index (κ2) is 3.84. The number of halogens is 1. The fourth-order valence-corrected chi connectivity index (χ4v) is 1.40. The molecule has 0 unspecified atom stereocenters. The lowest BCUT2D eigenvalue weighted by atomic mass is 10.0. The molecule has 70 valence electrons. The van der Waals surface area contributed by atoms with Crippen LogP contribution in [-0.2, 0) is 6.42 Å². The van der Waals surface area contributed by atoms with Gasteiger partial charge in [0.2, 0.25) is 0 Å². The van der Waals surface area contributed by atoms with Gasteiger partial charge >= 0.3 is 0 Å². The summed E-state index contributed by atoms with van der Waals surface area (Å²) in [7, 11) is 0. The fraction of sp³-hybridized carbons (Fsp3) is 0.273. The molecule has 0 aromatic heterocycles.